The highest BCUT2D eigenvalue weighted by molar-refractivity contribution is 5.43. The van der Waals surface area contributed by atoms with Crippen molar-refractivity contribution in [2.45, 2.75) is 13.8 Å². The zero-order valence-corrected chi connectivity index (χ0v) is 15.1. The van der Waals surface area contributed by atoms with E-state index in [2.05, 4.69) is 0 Å². The Kier molecular flexibility index (Phi) is 4.67. The van der Waals surface area contributed by atoms with E-state index >= 15 is 0 Å². The predicted octanol–water partition coefficient (Wildman–Crippen LogP) is 2.62. The minimum Gasteiger partial charge on any atom is -0.497 e. The zero-order chi connectivity index (χ0) is 18.8. The van der Waals surface area contributed by atoms with Crippen LogP contribution in [0, 0.1) is 13.8 Å². The van der Waals surface area contributed by atoms with Gasteiger partial charge in [-0.2, -0.15) is 0 Å². The monoisotopic (exact) mass is 352 g/mol. The highest BCUT2D eigenvalue weighted by atomic mass is 16.5. The lowest BCUT2D eigenvalue weighted by molar-refractivity contribution is 0.414. The summed E-state index contributed by atoms with van der Waals surface area (Å²) in [6, 6.07) is 14.0. The van der Waals surface area contributed by atoms with Gasteiger partial charge in [0.25, 0.3) is 0 Å². The molecule has 0 radical (unpaired) electrons. The van der Waals surface area contributed by atoms with E-state index < -0.39 is 11.1 Å². The highest BCUT2D eigenvalue weighted by Gasteiger charge is 2.16. The molecule has 3 aromatic rings. The maximum atomic E-state index is 12.8. The van der Waals surface area contributed by atoms with E-state index in [0.29, 0.717) is 34.3 Å². The third kappa shape index (κ3) is 2.90. The van der Waals surface area contributed by atoms with Crippen molar-refractivity contribution in [2.75, 3.05) is 14.2 Å². The first-order chi connectivity index (χ1) is 12.5. The van der Waals surface area contributed by atoms with E-state index in [-0.39, 0.29) is 0 Å². The van der Waals surface area contributed by atoms with E-state index in [1.54, 1.807) is 62.8 Å². The van der Waals surface area contributed by atoms with Crippen LogP contribution in [0.25, 0.3) is 11.4 Å². The van der Waals surface area contributed by atoms with Crippen LogP contribution < -0.4 is 20.6 Å². The zero-order valence-electron chi connectivity index (χ0n) is 15.1. The Morgan fingerprint density at radius 1 is 0.615 bits per heavy atom. The number of rotatable bonds is 4. The molecule has 3 rings (SSSR count). The molecule has 0 saturated carbocycles. The van der Waals surface area contributed by atoms with Crippen molar-refractivity contribution in [3.63, 3.8) is 0 Å². The Morgan fingerprint density at radius 2 is 0.923 bits per heavy atom. The average molecular weight is 352 g/mol. The van der Waals surface area contributed by atoms with Gasteiger partial charge in [0.2, 0.25) is 0 Å². The van der Waals surface area contributed by atoms with Crippen LogP contribution in [0.15, 0.2) is 58.1 Å². The molecule has 0 atom stereocenters. The molecule has 0 amide bonds. The molecule has 0 aliphatic carbocycles. The Labute approximate surface area is 150 Å². The van der Waals surface area contributed by atoms with Crippen molar-refractivity contribution in [1.29, 1.82) is 0 Å². The first-order valence-electron chi connectivity index (χ1n) is 8.12. The molecule has 0 unspecified atom stereocenters. The van der Waals surface area contributed by atoms with Crippen molar-refractivity contribution in [3.05, 3.63) is 80.6 Å². The number of aromatic nitrogens is 2. The highest BCUT2D eigenvalue weighted by Crippen LogP contribution is 2.18. The molecule has 6 nitrogen and oxygen atoms in total. The molecular weight excluding hydrogens is 332 g/mol. The Balaban J connectivity index is 2.21. The number of nitrogens with zero attached hydrogens (tertiary/aromatic N) is 2. The lowest BCUT2D eigenvalue weighted by Crippen LogP contribution is -2.42. The Bertz CT molecular complexity index is 959. The second kappa shape index (κ2) is 6.92. The summed E-state index contributed by atoms with van der Waals surface area (Å²) in [5, 5.41) is 0. The van der Waals surface area contributed by atoms with E-state index in [1.807, 2.05) is 13.8 Å². The predicted molar refractivity (Wildman–Crippen MR) is 100 cm³/mol. The molecule has 0 bridgehead atoms. The Hall–Kier alpha value is -3.28. The second-order valence-corrected chi connectivity index (χ2v) is 5.85. The minimum atomic E-state index is -0.603. The fraction of sp³-hybridized carbons (Fsp3) is 0.200. The number of methoxy groups -OCH3 is 2. The molecule has 0 N–H and O–H groups in total. The van der Waals surface area contributed by atoms with Crippen LogP contribution in [-0.2, 0) is 0 Å². The first kappa shape index (κ1) is 17.5. The van der Waals surface area contributed by atoms with E-state index in [0.717, 1.165) is 0 Å². The van der Waals surface area contributed by atoms with Gasteiger partial charge in [0.1, 0.15) is 11.5 Å². The number of hydrogen-bond donors (Lipinski definition) is 0. The molecule has 0 aliphatic rings. The molecule has 134 valence electrons. The quantitative estimate of drug-likeness (QED) is 0.677. The third-order valence-corrected chi connectivity index (χ3v) is 4.44. The molecule has 0 fully saturated rings. The summed E-state index contributed by atoms with van der Waals surface area (Å²) in [6.45, 7) is 3.64. The maximum absolute atomic E-state index is 12.8. The molecule has 1 heterocycles. The lowest BCUT2D eigenvalue weighted by Gasteiger charge is -2.17. The van der Waals surface area contributed by atoms with Crippen molar-refractivity contribution in [1.82, 2.24) is 9.13 Å². The number of benzene rings is 2. The van der Waals surface area contributed by atoms with Crippen molar-refractivity contribution < 1.29 is 9.47 Å². The van der Waals surface area contributed by atoms with Gasteiger partial charge in [-0.3, -0.25) is 18.7 Å². The number of ether oxygens (including phenoxy) is 2. The number of hydrogen-bond acceptors (Lipinski definition) is 4. The molecule has 2 aromatic carbocycles. The van der Waals surface area contributed by atoms with Gasteiger partial charge in [0.15, 0.2) is 0 Å². The van der Waals surface area contributed by atoms with E-state index in [9.17, 15) is 9.59 Å². The summed E-state index contributed by atoms with van der Waals surface area (Å²) in [5.41, 5.74) is 1.42. The van der Waals surface area contributed by atoms with Crippen LogP contribution in [0.2, 0.25) is 0 Å². The van der Waals surface area contributed by atoms with Crippen molar-refractivity contribution in [3.8, 4) is 22.9 Å². The molecule has 26 heavy (non-hydrogen) atoms. The fourth-order valence-electron chi connectivity index (χ4n) is 2.90. The van der Waals surface area contributed by atoms with Crippen molar-refractivity contribution >= 4 is 0 Å². The Morgan fingerprint density at radius 3 is 1.19 bits per heavy atom. The van der Waals surface area contributed by atoms with Crippen molar-refractivity contribution in [2.24, 2.45) is 0 Å². The van der Waals surface area contributed by atoms with Crippen LogP contribution in [0.4, 0.5) is 0 Å². The summed E-state index contributed by atoms with van der Waals surface area (Å²) in [5.74, 6) is 1.37. The van der Waals surface area contributed by atoms with Gasteiger partial charge in [-0.05, 0) is 62.4 Å². The summed E-state index contributed by atoms with van der Waals surface area (Å²) in [6.07, 6.45) is 0. The van der Waals surface area contributed by atoms with Gasteiger partial charge < -0.3 is 9.47 Å². The molecule has 0 aliphatic heterocycles. The van der Waals surface area contributed by atoms with Crippen LogP contribution in [0.1, 0.15) is 11.4 Å². The first-order valence-corrected chi connectivity index (χ1v) is 8.12. The standard InChI is InChI=1S/C20H20N2O4/c1-13-14(2)22(16-7-11-18(26-4)12-8-16)20(24)19(23)21(13)15-5-9-17(25-3)10-6-15/h5-12H,1-4H3. The van der Waals surface area contributed by atoms with Crippen LogP contribution in [-0.4, -0.2) is 23.4 Å². The smallest absolute Gasteiger partial charge is 0.321 e. The normalized spacial score (nSPS) is 10.6. The largest absolute Gasteiger partial charge is 0.497 e. The summed E-state index contributed by atoms with van der Waals surface area (Å²) in [7, 11) is 3.15. The molecule has 0 spiro atoms. The average Bonchev–Trinajstić information content (AvgIpc) is 2.68. The van der Waals surface area contributed by atoms with E-state index in [4.69, 9.17) is 9.47 Å². The topological polar surface area (TPSA) is 62.5 Å². The van der Waals surface area contributed by atoms with Gasteiger partial charge in [-0.25, -0.2) is 0 Å². The van der Waals surface area contributed by atoms with Crippen LogP contribution in [0.5, 0.6) is 11.5 Å². The van der Waals surface area contributed by atoms with Gasteiger partial charge in [-0.15, -0.1) is 0 Å². The van der Waals surface area contributed by atoms with Gasteiger partial charge in [0, 0.05) is 22.8 Å². The maximum Gasteiger partial charge on any atom is 0.321 e. The minimum absolute atomic E-state index is 0.603. The molecular formula is C20H20N2O4. The van der Waals surface area contributed by atoms with Gasteiger partial charge in [0.05, 0.1) is 14.2 Å². The second-order valence-electron chi connectivity index (χ2n) is 5.85. The SMILES string of the molecule is COc1ccc(-n2c(C)c(C)n(-c3ccc(OC)cc3)c(=O)c2=O)cc1. The van der Waals surface area contributed by atoms with Crippen LogP contribution in [0.3, 0.4) is 0 Å². The van der Waals surface area contributed by atoms with E-state index in [1.165, 1.54) is 9.13 Å². The lowest BCUT2D eigenvalue weighted by atomic mass is 10.2. The summed E-state index contributed by atoms with van der Waals surface area (Å²) >= 11 is 0. The molecule has 6 heteroatoms. The molecule has 0 saturated heterocycles. The van der Waals surface area contributed by atoms with Crippen LogP contribution >= 0.6 is 0 Å². The summed E-state index contributed by atoms with van der Waals surface area (Å²) in [4.78, 5) is 25.6. The summed E-state index contributed by atoms with van der Waals surface area (Å²) < 4.78 is 13.1. The molecule has 1 aromatic heterocycles. The fourth-order valence-corrected chi connectivity index (χ4v) is 2.90. The van der Waals surface area contributed by atoms with Gasteiger partial charge >= 0.3 is 11.1 Å². The van der Waals surface area contributed by atoms with Gasteiger partial charge in [-0.1, -0.05) is 0 Å². The third-order valence-electron chi connectivity index (χ3n) is 4.44.